The van der Waals surface area contributed by atoms with Gasteiger partial charge in [0.2, 0.25) is 5.91 Å². The van der Waals surface area contributed by atoms with Gasteiger partial charge in [0.15, 0.2) is 11.5 Å². The van der Waals surface area contributed by atoms with Gasteiger partial charge in [-0.05, 0) is 38.4 Å². The van der Waals surface area contributed by atoms with Gasteiger partial charge >= 0.3 is 0 Å². The van der Waals surface area contributed by atoms with Crippen LogP contribution in [0.5, 0.6) is 11.5 Å². The highest BCUT2D eigenvalue weighted by atomic mass is 16.5. The van der Waals surface area contributed by atoms with Crippen LogP contribution < -0.4 is 20.1 Å². The van der Waals surface area contributed by atoms with E-state index in [1.807, 2.05) is 6.92 Å². The first-order valence-corrected chi connectivity index (χ1v) is 6.37. The molecule has 0 aromatic heterocycles. The van der Waals surface area contributed by atoms with Gasteiger partial charge in [-0.2, -0.15) is 0 Å². The molecule has 0 saturated carbocycles. The zero-order valence-electron chi connectivity index (χ0n) is 11.6. The van der Waals surface area contributed by atoms with E-state index in [1.54, 1.807) is 32.4 Å². The zero-order valence-corrected chi connectivity index (χ0v) is 11.6. The Kier molecular flexibility index (Phi) is 3.95. The fourth-order valence-electron chi connectivity index (χ4n) is 2.27. The molecule has 1 atom stereocenters. The minimum absolute atomic E-state index is 0.0165. The summed E-state index contributed by atoms with van der Waals surface area (Å²) in [5.74, 6) is 1.23. The molecule has 2 rings (SSSR count). The predicted octanol–water partition coefficient (Wildman–Crippen LogP) is 1.78. The summed E-state index contributed by atoms with van der Waals surface area (Å²) in [6, 6.07) is 5.34. The van der Waals surface area contributed by atoms with E-state index < -0.39 is 5.54 Å². The summed E-state index contributed by atoms with van der Waals surface area (Å²) < 4.78 is 10.4. The molecule has 2 N–H and O–H groups in total. The Morgan fingerprint density at radius 3 is 2.63 bits per heavy atom. The minimum atomic E-state index is -0.479. The van der Waals surface area contributed by atoms with E-state index in [2.05, 4.69) is 10.6 Å². The van der Waals surface area contributed by atoms with E-state index in [0.717, 1.165) is 19.4 Å². The third kappa shape index (κ3) is 2.81. The Morgan fingerprint density at radius 2 is 2.05 bits per heavy atom. The van der Waals surface area contributed by atoms with E-state index >= 15 is 0 Å². The number of hydrogen-bond donors (Lipinski definition) is 2. The first-order valence-electron chi connectivity index (χ1n) is 6.37. The molecule has 5 nitrogen and oxygen atoms in total. The number of rotatable bonds is 4. The smallest absolute Gasteiger partial charge is 0.244 e. The van der Waals surface area contributed by atoms with Crippen LogP contribution in [0.25, 0.3) is 0 Å². The van der Waals surface area contributed by atoms with E-state index in [9.17, 15) is 4.79 Å². The van der Waals surface area contributed by atoms with Gasteiger partial charge < -0.3 is 20.1 Å². The molecular formula is C14H20N2O3. The molecule has 1 aliphatic rings. The Bertz CT molecular complexity index is 468. The molecule has 1 saturated heterocycles. The summed E-state index contributed by atoms with van der Waals surface area (Å²) in [4.78, 5) is 12.2. The second-order valence-corrected chi connectivity index (χ2v) is 4.89. The fourth-order valence-corrected chi connectivity index (χ4v) is 2.27. The molecule has 1 aliphatic heterocycles. The lowest BCUT2D eigenvalue weighted by Gasteiger charge is -2.23. The number of ether oxygens (including phenoxy) is 2. The van der Waals surface area contributed by atoms with Gasteiger partial charge in [0, 0.05) is 11.8 Å². The molecule has 1 aromatic carbocycles. The van der Waals surface area contributed by atoms with Gasteiger partial charge in [0.25, 0.3) is 0 Å². The molecule has 104 valence electrons. The number of nitrogens with one attached hydrogen (secondary N) is 2. The first-order chi connectivity index (χ1) is 9.09. The third-order valence-electron chi connectivity index (χ3n) is 3.51. The Morgan fingerprint density at radius 1 is 1.32 bits per heavy atom. The van der Waals surface area contributed by atoms with Crippen molar-refractivity contribution >= 4 is 11.6 Å². The summed E-state index contributed by atoms with van der Waals surface area (Å²) in [5, 5.41) is 6.15. The normalized spacial score (nSPS) is 22.1. The van der Waals surface area contributed by atoms with E-state index in [-0.39, 0.29) is 5.91 Å². The van der Waals surface area contributed by atoms with Crippen LogP contribution in [-0.4, -0.2) is 32.2 Å². The summed E-state index contributed by atoms with van der Waals surface area (Å²) in [5.41, 5.74) is 0.227. The Labute approximate surface area is 113 Å². The highest BCUT2D eigenvalue weighted by Crippen LogP contribution is 2.30. The van der Waals surface area contributed by atoms with Crippen LogP contribution in [-0.2, 0) is 4.79 Å². The van der Waals surface area contributed by atoms with Crippen LogP contribution in [0.15, 0.2) is 18.2 Å². The number of anilines is 1. The van der Waals surface area contributed by atoms with Gasteiger partial charge in [-0.1, -0.05) is 0 Å². The second-order valence-electron chi connectivity index (χ2n) is 4.89. The van der Waals surface area contributed by atoms with Crippen molar-refractivity contribution in [3.63, 3.8) is 0 Å². The number of amides is 1. The topological polar surface area (TPSA) is 59.6 Å². The minimum Gasteiger partial charge on any atom is -0.493 e. The van der Waals surface area contributed by atoms with Crippen LogP contribution in [0.1, 0.15) is 19.8 Å². The van der Waals surface area contributed by atoms with Gasteiger partial charge in [0.05, 0.1) is 19.8 Å². The van der Waals surface area contributed by atoms with Crippen LogP contribution >= 0.6 is 0 Å². The molecule has 0 bridgehead atoms. The summed E-state index contributed by atoms with van der Waals surface area (Å²) in [6.45, 7) is 2.81. The number of carbonyl (C=O) groups excluding carboxylic acids is 1. The number of carbonyl (C=O) groups is 1. The van der Waals surface area contributed by atoms with Gasteiger partial charge in [-0.15, -0.1) is 0 Å². The summed E-state index contributed by atoms with van der Waals surface area (Å²) in [6.07, 6.45) is 1.88. The average molecular weight is 264 g/mol. The SMILES string of the molecule is COc1ccc(NC(=O)C2(C)CCCN2)cc1OC. The molecule has 1 heterocycles. The first kappa shape index (κ1) is 13.7. The lowest BCUT2D eigenvalue weighted by Crippen LogP contribution is -2.47. The lowest BCUT2D eigenvalue weighted by atomic mass is 9.99. The summed E-state index contributed by atoms with van der Waals surface area (Å²) >= 11 is 0. The lowest BCUT2D eigenvalue weighted by molar-refractivity contribution is -0.121. The largest absolute Gasteiger partial charge is 0.493 e. The number of methoxy groups -OCH3 is 2. The monoisotopic (exact) mass is 264 g/mol. The zero-order chi connectivity index (χ0) is 13.9. The van der Waals surface area contributed by atoms with Crippen molar-refractivity contribution in [2.24, 2.45) is 0 Å². The van der Waals surface area contributed by atoms with Gasteiger partial charge in [-0.25, -0.2) is 0 Å². The molecular weight excluding hydrogens is 244 g/mol. The highest BCUT2D eigenvalue weighted by Gasteiger charge is 2.35. The van der Waals surface area contributed by atoms with Crippen LogP contribution in [0.4, 0.5) is 5.69 Å². The molecule has 0 aliphatic carbocycles. The van der Waals surface area contributed by atoms with Crippen LogP contribution in [0.2, 0.25) is 0 Å². The maximum absolute atomic E-state index is 12.2. The van der Waals surface area contributed by atoms with Crippen molar-refractivity contribution in [3.05, 3.63) is 18.2 Å². The van der Waals surface area contributed by atoms with E-state index in [4.69, 9.17) is 9.47 Å². The standard InChI is InChI=1S/C14H20N2O3/c1-14(7-4-8-15-14)13(17)16-10-5-6-11(18-2)12(9-10)19-3/h5-6,9,15H,4,7-8H2,1-3H3,(H,16,17). The quantitative estimate of drug-likeness (QED) is 0.870. The molecule has 1 unspecified atom stereocenters. The Hall–Kier alpha value is -1.75. The summed E-state index contributed by atoms with van der Waals surface area (Å²) in [7, 11) is 3.16. The average Bonchev–Trinajstić information content (AvgIpc) is 2.87. The van der Waals surface area contributed by atoms with Crippen molar-refractivity contribution in [2.75, 3.05) is 26.1 Å². The van der Waals surface area contributed by atoms with Crippen molar-refractivity contribution in [1.82, 2.24) is 5.32 Å². The molecule has 1 aromatic rings. The predicted molar refractivity (Wildman–Crippen MR) is 73.8 cm³/mol. The van der Waals surface area contributed by atoms with Crippen LogP contribution in [0.3, 0.4) is 0 Å². The van der Waals surface area contributed by atoms with Crippen molar-refractivity contribution < 1.29 is 14.3 Å². The molecule has 1 amide bonds. The third-order valence-corrected chi connectivity index (χ3v) is 3.51. The Balaban J connectivity index is 2.13. The van der Waals surface area contributed by atoms with E-state index in [0.29, 0.717) is 17.2 Å². The van der Waals surface area contributed by atoms with Crippen LogP contribution in [0, 0.1) is 0 Å². The molecule has 19 heavy (non-hydrogen) atoms. The van der Waals surface area contributed by atoms with Gasteiger partial charge in [0.1, 0.15) is 0 Å². The number of hydrogen-bond acceptors (Lipinski definition) is 4. The van der Waals surface area contributed by atoms with E-state index in [1.165, 1.54) is 0 Å². The molecule has 0 spiro atoms. The molecule has 1 fully saturated rings. The maximum atomic E-state index is 12.2. The fraction of sp³-hybridized carbons (Fsp3) is 0.500. The molecule has 5 heteroatoms. The van der Waals surface area contributed by atoms with Crippen molar-refractivity contribution in [3.8, 4) is 11.5 Å². The second kappa shape index (κ2) is 5.48. The van der Waals surface area contributed by atoms with Crippen molar-refractivity contribution in [1.29, 1.82) is 0 Å². The molecule has 0 radical (unpaired) electrons. The van der Waals surface area contributed by atoms with Gasteiger partial charge in [-0.3, -0.25) is 4.79 Å². The highest BCUT2D eigenvalue weighted by molar-refractivity contribution is 5.98. The van der Waals surface area contributed by atoms with Crippen molar-refractivity contribution in [2.45, 2.75) is 25.3 Å². The maximum Gasteiger partial charge on any atom is 0.244 e. The number of benzene rings is 1.